The van der Waals surface area contributed by atoms with Crippen LogP contribution in [0.5, 0.6) is 0 Å². The van der Waals surface area contributed by atoms with Crippen molar-refractivity contribution in [1.29, 1.82) is 0 Å². The smallest absolute Gasteiger partial charge is 0.278 e. The molecule has 2 aromatic heterocycles. The summed E-state index contributed by atoms with van der Waals surface area (Å²) < 4.78 is 1.26. The van der Waals surface area contributed by atoms with Gasteiger partial charge in [0.15, 0.2) is 11.2 Å². The van der Waals surface area contributed by atoms with Crippen molar-refractivity contribution in [3.05, 3.63) is 56.2 Å². The minimum absolute atomic E-state index is 0.0724. The van der Waals surface area contributed by atoms with Crippen LogP contribution in [0.15, 0.2) is 29.2 Å². The zero-order valence-corrected chi connectivity index (χ0v) is 12.7. The number of aromatic nitrogens is 4. The fourth-order valence-electron chi connectivity index (χ4n) is 1.97. The molecule has 0 saturated heterocycles. The minimum atomic E-state index is -0.567. The minimum Gasteiger partial charge on any atom is -0.323 e. The number of amides is 1. The molecule has 3 aromatic rings. The highest BCUT2D eigenvalue weighted by Crippen LogP contribution is 2.25. The predicted molar refractivity (Wildman–Crippen MR) is 82.8 cm³/mol. The van der Waals surface area contributed by atoms with E-state index in [0.29, 0.717) is 21.4 Å². The number of fused-ring (bicyclic) bond motifs is 1. The molecule has 0 bridgehead atoms. The fraction of sp³-hybridized carbons (Fsp3) is 0.0769. The predicted octanol–water partition coefficient (Wildman–Crippen LogP) is 2.29. The number of benzene rings is 1. The fourth-order valence-corrected chi connectivity index (χ4v) is 2.26. The third kappa shape index (κ3) is 2.56. The molecule has 0 aliphatic carbocycles. The molecule has 0 aliphatic rings. The zero-order valence-electron chi connectivity index (χ0n) is 11.2. The van der Waals surface area contributed by atoms with Crippen molar-refractivity contribution in [2.45, 2.75) is 6.92 Å². The van der Waals surface area contributed by atoms with Crippen molar-refractivity contribution in [1.82, 2.24) is 19.8 Å². The number of anilines is 1. The van der Waals surface area contributed by atoms with Crippen LogP contribution in [0.2, 0.25) is 10.0 Å². The Morgan fingerprint density at radius 2 is 2.09 bits per heavy atom. The zero-order chi connectivity index (χ0) is 15.9. The summed E-state index contributed by atoms with van der Waals surface area (Å²) in [6, 6.07) is 4.65. The first-order valence-corrected chi connectivity index (χ1v) is 6.92. The lowest BCUT2D eigenvalue weighted by Crippen LogP contribution is -2.18. The number of aryl methyl sites for hydroxylation is 1. The summed E-state index contributed by atoms with van der Waals surface area (Å²) in [4.78, 5) is 26.8. The van der Waals surface area contributed by atoms with E-state index in [1.165, 1.54) is 10.6 Å². The third-order valence-corrected chi connectivity index (χ3v) is 3.67. The van der Waals surface area contributed by atoms with Crippen LogP contribution in [-0.2, 0) is 0 Å². The molecule has 0 fully saturated rings. The Morgan fingerprint density at radius 3 is 2.82 bits per heavy atom. The van der Waals surface area contributed by atoms with Crippen LogP contribution in [-0.4, -0.2) is 25.7 Å². The van der Waals surface area contributed by atoms with Crippen molar-refractivity contribution in [3.8, 4) is 0 Å². The number of nitrogens with one attached hydrogen (secondary N) is 2. The highest BCUT2D eigenvalue weighted by molar-refractivity contribution is 6.42. The number of rotatable bonds is 2. The first-order valence-electron chi connectivity index (χ1n) is 6.17. The van der Waals surface area contributed by atoms with E-state index in [4.69, 9.17) is 23.2 Å². The molecule has 1 aromatic carbocycles. The van der Waals surface area contributed by atoms with Gasteiger partial charge in [-0.15, -0.1) is 5.10 Å². The summed E-state index contributed by atoms with van der Waals surface area (Å²) in [6.45, 7) is 1.71. The summed E-state index contributed by atoms with van der Waals surface area (Å²) >= 11 is 11.7. The second kappa shape index (κ2) is 5.43. The van der Waals surface area contributed by atoms with Crippen LogP contribution in [0.1, 0.15) is 16.2 Å². The molecule has 2 heterocycles. The lowest BCUT2D eigenvalue weighted by atomic mass is 10.3. The van der Waals surface area contributed by atoms with Gasteiger partial charge in [-0.25, -0.2) is 4.52 Å². The topological polar surface area (TPSA) is 92.2 Å². The summed E-state index contributed by atoms with van der Waals surface area (Å²) in [5, 5.41) is 10.8. The van der Waals surface area contributed by atoms with Crippen LogP contribution in [0.25, 0.3) is 5.52 Å². The first kappa shape index (κ1) is 14.6. The van der Waals surface area contributed by atoms with Gasteiger partial charge in [-0.1, -0.05) is 28.4 Å². The number of H-pyrrole nitrogens is 1. The highest BCUT2D eigenvalue weighted by atomic mass is 35.5. The maximum absolute atomic E-state index is 12.3. The Hall–Kier alpha value is -2.38. The van der Waals surface area contributed by atoms with Gasteiger partial charge in [0.05, 0.1) is 16.2 Å². The van der Waals surface area contributed by atoms with Crippen molar-refractivity contribution in [3.63, 3.8) is 0 Å². The van der Waals surface area contributed by atoms with Gasteiger partial charge in [0.1, 0.15) is 0 Å². The van der Waals surface area contributed by atoms with Crippen LogP contribution in [0.3, 0.4) is 0 Å². The maximum Gasteiger partial charge on any atom is 0.278 e. The molecule has 3 rings (SSSR count). The van der Waals surface area contributed by atoms with Gasteiger partial charge >= 0.3 is 0 Å². The molecule has 112 valence electrons. The van der Waals surface area contributed by atoms with E-state index in [1.54, 1.807) is 25.3 Å². The van der Waals surface area contributed by atoms with Gasteiger partial charge < -0.3 is 10.3 Å². The van der Waals surface area contributed by atoms with Crippen LogP contribution < -0.4 is 10.9 Å². The quantitative estimate of drug-likeness (QED) is 0.750. The molecule has 0 saturated carbocycles. The molecule has 7 nitrogen and oxygen atoms in total. The number of carbonyl (C=O) groups excluding carboxylic acids is 1. The Kier molecular flexibility index (Phi) is 3.59. The molecular formula is C13H9Cl2N5O2. The Balaban J connectivity index is 1.99. The maximum atomic E-state index is 12.3. The van der Waals surface area contributed by atoms with E-state index in [1.807, 2.05) is 0 Å². The summed E-state index contributed by atoms with van der Waals surface area (Å²) in [5.41, 5.74) is 0.600. The van der Waals surface area contributed by atoms with E-state index in [9.17, 15) is 9.59 Å². The van der Waals surface area contributed by atoms with Crippen LogP contribution in [0.4, 0.5) is 5.69 Å². The van der Waals surface area contributed by atoms with Gasteiger partial charge in [0, 0.05) is 11.4 Å². The molecule has 0 spiro atoms. The van der Waals surface area contributed by atoms with Crippen molar-refractivity contribution in [2.24, 2.45) is 0 Å². The summed E-state index contributed by atoms with van der Waals surface area (Å²) in [5.74, 6) is -0.567. The highest BCUT2D eigenvalue weighted by Gasteiger charge is 2.18. The Labute approximate surface area is 133 Å². The third-order valence-electron chi connectivity index (χ3n) is 2.93. The molecule has 0 radical (unpaired) electrons. The SMILES string of the molecule is Cc1cn2nnc(C(=O)Nc3ccc(Cl)c(Cl)c3)c2c(=O)[nH]1. The summed E-state index contributed by atoms with van der Waals surface area (Å²) in [6.07, 6.45) is 1.57. The molecule has 0 atom stereocenters. The number of halogens is 2. The van der Waals surface area contributed by atoms with Crippen molar-refractivity contribution in [2.75, 3.05) is 5.32 Å². The Morgan fingerprint density at radius 1 is 1.32 bits per heavy atom. The van der Waals surface area contributed by atoms with Gasteiger partial charge in [-0.05, 0) is 25.1 Å². The number of aromatic amines is 1. The molecule has 1 amide bonds. The van der Waals surface area contributed by atoms with Crippen molar-refractivity contribution < 1.29 is 4.79 Å². The number of hydrogen-bond donors (Lipinski definition) is 2. The van der Waals surface area contributed by atoms with Crippen LogP contribution in [0, 0.1) is 6.92 Å². The number of nitrogens with zero attached hydrogens (tertiary/aromatic N) is 3. The summed E-state index contributed by atoms with van der Waals surface area (Å²) in [7, 11) is 0. The van der Waals surface area contributed by atoms with E-state index < -0.39 is 11.5 Å². The van der Waals surface area contributed by atoms with Crippen LogP contribution >= 0.6 is 23.2 Å². The average molecular weight is 338 g/mol. The van der Waals surface area contributed by atoms with E-state index in [0.717, 1.165) is 0 Å². The standard InChI is InChI=1S/C13H9Cl2N5O2/c1-6-5-20-11(13(22)16-6)10(18-19-20)12(21)17-7-2-3-8(14)9(15)4-7/h2-5H,1H3,(H,16,22)(H,17,21). The second-order valence-corrected chi connectivity index (χ2v) is 5.39. The average Bonchev–Trinajstić information content (AvgIpc) is 2.87. The molecule has 0 unspecified atom stereocenters. The van der Waals surface area contributed by atoms with Gasteiger partial charge in [0.2, 0.25) is 0 Å². The van der Waals surface area contributed by atoms with Crippen molar-refractivity contribution >= 4 is 40.3 Å². The monoisotopic (exact) mass is 337 g/mol. The van der Waals surface area contributed by atoms with E-state index in [2.05, 4.69) is 20.6 Å². The van der Waals surface area contributed by atoms with Gasteiger partial charge in [0.25, 0.3) is 11.5 Å². The lowest BCUT2D eigenvalue weighted by molar-refractivity contribution is 0.102. The van der Waals surface area contributed by atoms with Gasteiger partial charge in [-0.3, -0.25) is 9.59 Å². The van der Waals surface area contributed by atoms with E-state index in [-0.39, 0.29) is 11.2 Å². The van der Waals surface area contributed by atoms with E-state index >= 15 is 0 Å². The molecule has 22 heavy (non-hydrogen) atoms. The second-order valence-electron chi connectivity index (χ2n) is 4.58. The number of carbonyl (C=O) groups is 1. The molecular weight excluding hydrogens is 329 g/mol. The lowest BCUT2D eigenvalue weighted by Gasteiger charge is -2.04. The normalized spacial score (nSPS) is 10.9. The molecule has 0 aliphatic heterocycles. The first-order chi connectivity index (χ1) is 10.5. The van der Waals surface area contributed by atoms with Gasteiger partial charge in [-0.2, -0.15) is 0 Å². The molecule has 9 heteroatoms. The largest absolute Gasteiger partial charge is 0.323 e. The number of hydrogen-bond acceptors (Lipinski definition) is 4. The Bertz CT molecular complexity index is 947. The molecule has 2 N–H and O–H groups in total.